The van der Waals surface area contributed by atoms with Crippen LogP contribution in [0.1, 0.15) is 23.0 Å². The fraction of sp³-hybridized carbons (Fsp3) is 0.167. The molecule has 1 aromatic heterocycles. The van der Waals surface area contributed by atoms with Gasteiger partial charge in [-0.3, -0.25) is 4.79 Å². The van der Waals surface area contributed by atoms with Crippen molar-refractivity contribution in [3.05, 3.63) is 11.3 Å². The second-order valence-corrected chi connectivity index (χ2v) is 2.74. The molecule has 11 heavy (non-hydrogen) atoms. The standard InChI is InChI=1S/C6H5N3OS/c1-3(10)5-4(2-7)6(8)11-9-5/h8H2,1H3. The monoisotopic (exact) mass is 167 g/mol. The lowest BCUT2D eigenvalue weighted by Gasteiger charge is -1.86. The van der Waals surface area contributed by atoms with E-state index in [0.717, 1.165) is 11.5 Å². The summed E-state index contributed by atoms with van der Waals surface area (Å²) in [6.07, 6.45) is 0. The number of carbonyl (C=O) groups is 1. The van der Waals surface area contributed by atoms with Crippen LogP contribution in [-0.2, 0) is 0 Å². The van der Waals surface area contributed by atoms with Crippen LogP contribution in [0, 0.1) is 11.3 Å². The lowest BCUT2D eigenvalue weighted by molar-refractivity contribution is 0.101. The van der Waals surface area contributed by atoms with E-state index in [0.29, 0.717) is 5.00 Å². The molecule has 2 N–H and O–H groups in total. The molecule has 0 atom stereocenters. The van der Waals surface area contributed by atoms with Gasteiger partial charge in [-0.15, -0.1) is 0 Å². The number of hydrogen-bond acceptors (Lipinski definition) is 5. The summed E-state index contributed by atoms with van der Waals surface area (Å²) in [7, 11) is 0. The minimum Gasteiger partial charge on any atom is -0.388 e. The minimum absolute atomic E-state index is 0.176. The number of nitrogen functional groups attached to an aromatic ring is 1. The second-order valence-electron chi connectivity index (χ2n) is 1.94. The molecule has 4 nitrogen and oxygen atoms in total. The van der Waals surface area contributed by atoms with Gasteiger partial charge in [0.15, 0.2) is 5.78 Å². The van der Waals surface area contributed by atoms with Crippen LogP contribution in [0.2, 0.25) is 0 Å². The Labute approximate surface area is 67.4 Å². The first-order chi connectivity index (χ1) is 5.16. The van der Waals surface area contributed by atoms with E-state index >= 15 is 0 Å². The van der Waals surface area contributed by atoms with Gasteiger partial charge in [0.2, 0.25) is 0 Å². The average molecular weight is 167 g/mol. The number of carbonyl (C=O) groups excluding carboxylic acids is 1. The highest BCUT2D eigenvalue weighted by molar-refractivity contribution is 7.10. The van der Waals surface area contributed by atoms with Gasteiger partial charge in [0.25, 0.3) is 0 Å². The van der Waals surface area contributed by atoms with Crippen LogP contribution in [0.25, 0.3) is 0 Å². The molecule has 0 radical (unpaired) electrons. The molecule has 0 bridgehead atoms. The van der Waals surface area contributed by atoms with E-state index in [1.165, 1.54) is 6.92 Å². The van der Waals surface area contributed by atoms with Gasteiger partial charge < -0.3 is 5.73 Å². The summed E-state index contributed by atoms with van der Waals surface area (Å²) in [5.74, 6) is -0.227. The van der Waals surface area contributed by atoms with E-state index in [9.17, 15) is 4.79 Å². The van der Waals surface area contributed by atoms with Crippen LogP contribution < -0.4 is 5.73 Å². The Hall–Kier alpha value is -1.41. The van der Waals surface area contributed by atoms with Crippen molar-refractivity contribution in [3.8, 4) is 6.07 Å². The van der Waals surface area contributed by atoms with Crippen LogP contribution in [-0.4, -0.2) is 10.2 Å². The Bertz CT molecular complexity index is 336. The van der Waals surface area contributed by atoms with Gasteiger partial charge in [0.05, 0.1) is 0 Å². The number of anilines is 1. The molecule has 5 heteroatoms. The highest BCUT2D eigenvalue weighted by Gasteiger charge is 2.13. The summed E-state index contributed by atoms with van der Waals surface area (Å²) in [5, 5.41) is 8.82. The molecule has 1 aromatic rings. The quantitative estimate of drug-likeness (QED) is 0.627. The van der Waals surface area contributed by atoms with Crippen molar-refractivity contribution in [1.29, 1.82) is 5.26 Å². The number of nitriles is 1. The molecule has 1 heterocycles. The first-order valence-corrected chi connectivity index (χ1v) is 3.60. The Morgan fingerprint density at radius 3 is 2.82 bits per heavy atom. The maximum absolute atomic E-state index is 10.8. The number of nitrogens with two attached hydrogens (primary N) is 1. The third kappa shape index (κ3) is 1.21. The molecular formula is C6H5N3OS. The predicted molar refractivity (Wildman–Crippen MR) is 41.2 cm³/mol. The number of hydrogen-bond donors (Lipinski definition) is 1. The van der Waals surface area contributed by atoms with Crippen molar-refractivity contribution in [2.24, 2.45) is 0 Å². The largest absolute Gasteiger partial charge is 0.388 e. The van der Waals surface area contributed by atoms with Gasteiger partial charge >= 0.3 is 0 Å². The predicted octanol–water partition coefficient (Wildman–Crippen LogP) is 0.800. The molecule has 0 aliphatic carbocycles. The van der Waals surface area contributed by atoms with Gasteiger partial charge in [-0.2, -0.15) is 9.64 Å². The van der Waals surface area contributed by atoms with Gasteiger partial charge in [-0.05, 0) is 11.5 Å². The molecule has 0 unspecified atom stereocenters. The fourth-order valence-corrected chi connectivity index (χ4v) is 1.29. The first kappa shape index (κ1) is 7.69. The summed E-state index contributed by atoms with van der Waals surface area (Å²) < 4.78 is 3.73. The SMILES string of the molecule is CC(=O)c1nsc(N)c1C#N. The highest BCUT2D eigenvalue weighted by Crippen LogP contribution is 2.20. The molecule has 0 spiro atoms. The molecule has 0 aromatic carbocycles. The number of aromatic nitrogens is 1. The third-order valence-corrected chi connectivity index (χ3v) is 1.84. The van der Waals surface area contributed by atoms with Crippen molar-refractivity contribution in [1.82, 2.24) is 4.37 Å². The highest BCUT2D eigenvalue weighted by atomic mass is 32.1. The Morgan fingerprint density at radius 2 is 2.45 bits per heavy atom. The molecule has 0 aliphatic heterocycles. The zero-order valence-corrected chi connectivity index (χ0v) is 6.60. The normalized spacial score (nSPS) is 9.09. The number of nitrogens with zero attached hydrogens (tertiary/aromatic N) is 2. The number of Topliss-reactive ketones (excluding diaryl/α,β-unsaturated/α-hetero) is 1. The van der Waals surface area contributed by atoms with Crippen molar-refractivity contribution in [3.63, 3.8) is 0 Å². The van der Waals surface area contributed by atoms with E-state index in [1.807, 2.05) is 6.07 Å². The summed E-state index contributed by atoms with van der Waals surface area (Å²) in [5.41, 5.74) is 5.74. The Balaban J connectivity index is 3.30. The average Bonchev–Trinajstić information content (AvgIpc) is 2.30. The zero-order valence-electron chi connectivity index (χ0n) is 5.79. The van der Waals surface area contributed by atoms with Crippen molar-refractivity contribution in [2.45, 2.75) is 6.92 Å². The Morgan fingerprint density at radius 1 is 1.82 bits per heavy atom. The van der Waals surface area contributed by atoms with E-state index in [4.69, 9.17) is 11.0 Å². The van der Waals surface area contributed by atoms with Crippen LogP contribution in [0.5, 0.6) is 0 Å². The zero-order chi connectivity index (χ0) is 8.43. The van der Waals surface area contributed by atoms with Gasteiger partial charge in [0, 0.05) is 6.92 Å². The molecule has 0 fully saturated rings. The summed E-state index contributed by atoms with van der Waals surface area (Å²) in [6, 6.07) is 1.83. The van der Waals surface area contributed by atoms with Crippen molar-refractivity contribution < 1.29 is 4.79 Å². The Kier molecular flexibility index (Phi) is 1.87. The van der Waals surface area contributed by atoms with Crippen LogP contribution >= 0.6 is 11.5 Å². The maximum Gasteiger partial charge on any atom is 0.180 e. The van der Waals surface area contributed by atoms with Gasteiger partial charge in [-0.25, -0.2) is 0 Å². The summed E-state index contributed by atoms with van der Waals surface area (Å²) in [4.78, 5) is 10.8. The number of rotatable bonds is 1. The smallest absolute Gasteiger partial charge is 0.180 e. The first-order valence-electron chi connectivity index (χ1n) is 2.83. The minimum atomic E-state index is -0.227. The lowest BCUT2D eigenvalue weighted by Crippen LogP contribution is -1.96. The van der Waals surface area contributed by atoms with E-state index in [1.54, 1.807) is 0 Å². The van der Waals surface area contributed by atoms with Crippen molar-refractivity contribution >= 4 is 22.3 Å². The molecule has 1 rings (SSSR count). The number of ketones is 1. The molecule has 0 saturated heterocycles. The fourth-order valence-electron chi connectivity index (χ4n) is 0.651. The maximum atomic E-state index is 10.8. The van der Waals surface area contributed by atoms with Gasteiger partial charge in [0.1, 0.15) is 22.3 Å². The summed E-state index contributed by atoms with van der Waals surface area (Å²) >= 11 is 0.968. The molecular weight excluding hydrogens is 162 g/mol. The van der Waals surface area contributed by atoms with E-state index < -0.39 is 0 Å². The van der Waals surface area contributed by atoms with Crippen LogP contribution in [0.15, 0.2) is 0 Å². The van der Waals surface area contributed by atoms with Gasteiger partial charge in [-0.1, -0.05) is 0 Å². The van der Waals surface area contributed by atoms with E-state index in [-0.39, 0.29) is 17.0 Å². The molecule has 0 saturated carbocycles. The molecule has 56 valence electrons. The molecule has 0 aliphatic rings. The van der Waals surface area contributed by atoms with Crippen LogP contribution in [0.4, 0.5) is 5.00 Å². The topological polar surface area (TPSA) is 79.8 Å². The second kappa shape index (κ2) is 2.68. The van der Waals surface area contributed by atoms with Crippen molar-refractivity contribution in [2.75, 3.05) is 5.73 Å². The molecule has 0 amide bonds. The van der Waals surface area contributed by atoms with Crippen LogP contribution in [0.3, 0.4) is 0 Å². The third-order valence-electron chi connectivity index (χ3n) is 1.16. The lowest BCUT2D eigenvalue weighted by atomic mass is 10.2. The van der Waals surface area contributed by atoms with E-state index in [2.05, 4.69) is 4.37 Å². The summed E-state index contributed by atoms with van der Waals surface area (Å²) in [6.45, 7) is 1.36.